The van der Waals surface area contributed by atoms with Crippen LogP contribution in [0.4, 0.5) is 0 Å². The van der Waals surface area contributed by atoms with Gasteiger partial charge in [-0.25, -0.2) is 0 Å². The van der Waals surface area contributed by atoms with Crippen LogP contribution in [0.1, 0.15) is 39.7 Å². The zero-order valence-electron chi connectivity index (χ0n) is 12.2. The highest BCUT2D eigenvalue weighted by atomic mass is 16.5. The van der Waals surface area contributed by atoms with E-state index in [1.165, 1.54) is 0 Å². The zero-order valence-corrected chi connectivity index (χ0v) is 12.2. The summed E-state index contributed by atoms with van der Waals surface area (Å²) < 4.78 is 5.61. The summed E-state index contributed by atoms with van der Waals surface area (Å²) in [4.78, 5) is 12.0. The van der Waals surface area contributed by atoms with Crippen molar-refractivity contribution in [2.45, 2.75) is 52.3 Å². The van der Waals surface area contributed by atoms with E-state index >= 15 is 0 Å². The van der Waals surface area contributed by atoms with Crippen molar-refractivity contribution in [2.24, 2.45) is 5.73 Å². The lowest BCUT2D eigenvalue weighted by molar-refractivity contribution is -0.128. The summed E-state index contributed by atoms with van der Waals surface area (Å²) in [6.07, 6.45) is 0.353. The summed E-state index contributed by atoms with van der Waals surface area (Å²) in [5.74, 6) is 0.573. The van der Waals surface area contributed by atoms with E-state index < -0.39 is 6.10 Å². The number of ether oxygens (including phenoxy) is 1. The standard InChI is InChI=1S/C15H24N2O2/c1-5-15(3,4)17-14(18)11(2)19-13-8-6-12(10-16)7-9-13/h6-9,11H,5,10,16H2,1-4H3,(H,17,18). The van der Waals surface area contributed by atoms with E-state index in [9.17, 15) is 4.79 Å². The van der Waals surface area contributed by atoms with E-state index in [2.05, 4.69) is 5.32 Å². The van der Waals surface area contributed by atoms with Crippen LogP contribution >= 0.6 is 0 Å². The highest BCUT2D eigenvalue weighted by Crippen LogP contribution is 2.14. The van der Waals surface area contributed by atoms with Gasteiger partial charge in [0.2, 0.25) is 0 Å². The van der Waals surface area contributed by atoms with Crippen LogP contribution in [-0.4, -0.2) is 17.6 Å². The first-order valence-electron chi connectivity index (χ1n) is 6.65. The Morgan fingerprint density at radius 2 is 1.95 bits per heavy atom. The van der Waals surface area contributed by atoms with Crippen molar-refractivity contribution in [1.29, 1.82) is 0 Å². The fourth-order valence-corrected chi connectivity index (χ4v) is 1.49. The van der Waals surface area contributed by atoms with Crippen LogP contribution in [0.5, 0.6) is 5.75 Å². The third kappa shape index (κ3) is 4.91. The monoisotopic (exact) mass is 264 g/mol. The van der Waals surface area contributed by atoms with Gasteiger partial charge >= 0.3 is 0 Å². The van der Waals surface area contributed by atoms with Gasteiger partial charge in [0.05, 0.1) is 0 Å². The second kappa shape index (κ2) is 6.57. The van der Waals surface area contributed by atoms with Gasteiger partial charge in [0.1, 0.15) is 5.75 Å². The Balaban J connectivity index is 2.58. The molecule has 0 bridgehead atoms. The van der Waals surface area contributed by atoms with Crippen molar-refractivity contribution in [2.75, 3.05) is 0 Å². The van der Waals surface area contributed by atoms with E-state index in [0.717, 1.165) is 12.0 Å². The maximum Gasteiger partial charge on any atom is 0.261 e. The molecule has 1 amide bonds. The van der Waals surface area contributed by atoms with Gasteiger partial charge in [0, 0.05) is 12.1 Å². The highest BCUT2D eigenvalue weighted by molar-refractivity contribution is 5.81. The van der Waals surface area contributed by atoms with E-state index in [0.29, 0.717) is 12.3 Å². The summed E-state index contributed by atoms with van der Waals surface area (Å²) in [6, 6.07) is 7.46. The number of hydrogen-bond acceptors (Lipinski definition) is 3. The smallest absolute Gasteiger partial charge is 0.261 e. The molecule has 0 saturated heterocycles. The number of benzene rings is 1. The van der Waals surface area contributed by atoms with Crippen molar-refractivity contribution in [3.05, 3.63) is 29.8 Å². The van der Waals surface area contributed by atoms with E-state index in [4.69, 9.17) is 10.5 Å². The van der Waals surface area contributed by atoms with Crippen LogP contribution in [0.3, 0.4) is 0 Å². The maximum atomic E-state index is 12.0. The van der Waals surface area contributed by atoms with Crippen LogP contribution in [0.25, 0.3) is 0 Å². The molecule has 0 saturated carbocycles. The molecule has 0 heterocycles. The number of hydrogen-bond donors (Lipinski definition) is 2. The minimum atomic E-state index is -0.519. The second-order valence-corrected chi connectivity index (χ2v) is 5.33. The number of carbonyl (C=O) groups excluding carboxylic acids is 1. The summed E-state index contributed by atoms with van der Waals surface area (Å²) in [5, 5.41) is 2.96. The average Bonchev–Trinajstić information content (AvgIpc) is 2.39. The molecule has 0 aliphatic rings. The Labute approximate surface area is 115 Å². The van der Waals surface area contributed by atoms with Crippen molar-refractivity contribution in [3.8, 4) is 5.75 Å². The summed E-state index contributed by atoms with van der Waals surface area (Å²) in [6.45, 7) is 8.28. The fraction of sp³-hybridized carbons (Fsp3) is 0.533. The average molecular weight is 264 g/mol. The van der Waals surface area contributed by atoms with Crippen molar-refractivity contribution >= 4 is 5.91 Å². The van der Waals surface area contributed by atoms with Gasteiger partial charge in [-0.3, -0.25) is 4.79 Å². The Kier molecular flexibility index (Phi) is 5.36. The van der Waals surface area contributed by atoms with Gasteiger partial charge in [-0.05, 0) is 44.9 Å². The number of nitrogens with two attached hydrogens (primary N) is 1. The third-order valence-corrected chi connectivity index (χ3v) is 3.19. The van der Waals surface area contributed by atoms with Crippen molar-refractivity contribution in [1.82, 2.24) is 5.32 Å². The zero-order chi connectivity index (χ0) is 14.5. The summed E-state index contributed by atoms with van der Waals surface area (Å²) >= 11 is 0. The van der Waals surface area contributed by atoms with Crippen LogP contribution in [0, 0.1) is 0 Å². The molecule has 0 aliphatic heterocycles. The molecule has 1 aromatic carbocycles. The molecule has 0 spiro atoms. The molecule has 1 atom stereocenters. The number of nitrogens with one attached hydrogen (secondary N) is 1. The predicted molar refractivity (Wildman–Crippen MR) is 76.9 cm³/mol. The molecule has 0 radical (unpaired) electrons. The highest BCUT2D eigenvalue weighted by Gasteiger charge is 2.22. The SMILES string of the molecule is CCC(C)(C)NC(=O)C(C)Oc1ccc(CN)cc1. The van der Waals surface area contributed by atoms with Gasteiger partial charge in [-0.15, -0.1) is 0 Å². The largest absolute Gasteiger partial charge is 0.481 e. The van der Waals surface area contributed by atoms with E-state index in [1.54, 1.807) is 6.92 Å². The van der Waals surface area contributed by atoms with Gasteiger partial charge in [-0.1, -0.05) is 19.1 Å². The normalized spacial score (nSPS) is 12.9. The van der Waals surface area contributed by atoms with Gasteiger partial charge < -0.3 is 15.8 Å². The topological polar surface area (TPSA) is 64.3 Å². The number of carbonyl (C=O) groups is 1. The molecule has 0 aromatic heterocycles. The lowest BCUT2D eigenvalue weighted by Gasteiger charge is -2.26. The molecule has 1 aromatic rings. The molecule has 1 unspecified atom stereocenters. The first kappa shape index (κ1) is 15.5. The van der Waals surface area contributed by atoms with Gasteiger partial charge in [0.15, 0.2) is 6.10 Å². The van der Waals surface area contributed by atoms with Crippen molar-refractivity contribution in [3.63, 3.8) is 0 Å². The minimum Gasteiger partial charge on any atom is -0.481 e. The molecular weight excluding hydrogens is 240 g/mol. The van der Waals surface area contributed by atoms with Gasteiger partial charge in [0.25, 0.3) is 5.91 Å². The Hall–Kier alpha value is -1.55. The molecule has 1 rings (SSSR count). The third-order valence-electron chi connectivity index (χ3n) is 3.19. The molecule has 0 fully saturated rings. The summed E-state index contributed by atoms with van der Waals surface area (Å²) in [7, 11) is 0. The van der Waals surface area contributed by atoms with Crippen LogP contribution in [0.15, 0.2) is 24.3 Å². The first-order valence-corrected chi connectivity index (χ1v) is 6.65. The van der Waals surface area contributed by atoms with Gasteiger partial charge in [-0.2, -0.15) is 0 Å². The molecule has 106 valence electrons. The number of amides is 1. The second-order valence-electron chi connectivity index (χ2n) is 5.33. The lowest BCUT2D eigenvalue weighted by atomic mass is 10.0. The quantitative estimate of drug-likeness (QED) is 0.828. The van der Waals surface area contributed by atoms with Crippen LogP contribution in [-0.2, 0) is 11.3 Å². The minimum absolute atomic E-state index is 0.102. The number of rotatable bonds is 6. The molecule has 4 nitrogen and oxygen atoms in total. The lowest BCUT2D eigenvalue weighted by Crippen LogP contribution is -2.48. The summed E-state index contributed by atoms with van der Waals surface area (Å²) in [5.41, 5.74) is 6.36. The Morgan fingerprint density at radius 1 is 1.37 bits per heavy atom. The molecule has 3 N–H and O–H groups in total. The Bertz CT molecular complexity index is 413. The van der Waals surface area contributed by atoms with E-state index in [1.807, 2.05) is 45.0 Å². The van der Waals surface area contributed by atoms with Crippen molar-refractivity contribution < 1.29 is 9.53 Å². The molecule has 4 heteroatoms. The fourth-order valence-electron chi connectivity index (χ4n) is 1.49. The molecule has 0 aliphatic carbocycles. The molecular formula is C15H24N2O2. The van der Waals surface area contributed by atoms with Crippen LogP contribution in [0.2, 0.25) is 0 Å². The first-order chi connectivity index (χ1) is 8.88. The maximum absolute atomic E-state index is 12.0. The molecule has 19 heavy (non-hydrogen) atoms. The van der Waals surface area contributed by atoms with E-state index in [-0.39, 0.29) is 11.4 Å². The Morgan fingerprint density at radius 3 is 2.42 bits per heavy atom. The predicted octanol–water partition coefficient (Wildman–Crippen LogP) is 2.22. The van der Waals surface area contributed by atoms with Crippen LogP contribution < -0.4 is 15.8 Å².